The van der Waals surface area contributed by atoms with Crippen LogP contribution in [0.15, 0.2) is 24.3 Å². The molecule has 1 aliphatic carbocycles. The molecule has 3 atom stereocenters. The minimum absolute atomic E-state index is 0.00213. The Morgan fingerprint density at radius 3 is 2.72 bits per heavy atom. The van der Waals surface area contributed by atoms with E-state index >= 15 is 0 Å². The van der Waals surface area contributed by atoms with Gasteiger partial charge in [-0.05, 0) is 44.4 Å². The number of benzene rings is 1. The normalized spacial score (nSPS) is 26.9. The van der Waals surface area contributed by atoms with Gasteiger partial charge in [-0.1, -0.05) is 18.6 Å². The number of carbonyl (C=O) groups is 1. The molecule has 1 aromatic carbocycles. The quantitative estimate of drug-likeness (QED) is 0.889. The highest BCUT2D eigenvalue weighted by atomic mass is 16.5. The summed E-state index contributed by atoms with van der Waals surface area (Å²) in [5.74, 6) is 1.08. The maximum Gasteiger partial charge on any atom is 0.227 e. The molecular weight excluding hydrogens is 318 g/mol. The third-order valence-corrected chi connectivity index (χ3v) is 5.16. The van der Waals surface area contributed by atoms with Gasteiger partial charge in [0.25, 0.3) is 0 Å². The van der Waals surface area contributed by atoms with Crippen LogP contribution in [0.1, 0.15) is 38.7 Å². The van der Waals surface area contributed by atoms with Gasteiger partial charge in [0.05, 0.1) is 37.9 Å². The standard InChI is InChI=1S/C20H29NO4/c1-14(2)25-16-8-6-15(7-9-16)12-20(23)21-10-11-24-13-18(21)17-4-3-5-19(17)22/h6-9,14,17-19,22H,3-5,10-13H2,1-2H3/t17-,18+,19-/m0/s1. The van der Waals surface area contributed by atoms with Crippen LogP contribution in [0, 0.1) is 5.92 Å². The van der Waals surface area contributed by atoms with Crippen molar-refractivity contribution in [2.75, 3.05) is 19.8 Å². The SMILES string of the molecule is CC(C)Oc1ccc(CC(=O)N2CCOC[C@@H]2[C@@H]2CCC[C@@H]2O)cc1. The van der Waals surface area contributed by atoms with Gasteiger partial charge in [0.1, 0.15) is 5.75 Å². The summed E-state index contributed by atoms with van der Waals surface area (Å²) in [6, 6.07) is 7.74. The van der Waals surface area contributed by atoms with E-state index in [1.165, 1.54) is 0 Å². The van der Waals surface area contributed by atoms with Gasteiger partial charge in [0.2, 0.25) is 5.91 Å². The second kappa shape index (κ2) is 8.19. The summed E-state index contributed by atoms with van der Waals surface area (Å²) in [7, 11) is 0. The lowest BCUT2D eigenvalue weighted by atomic mass is 9.93. The number of aliphatic hydroxyl groups excluding tert-OH is 1. The molecule has 1 saturated heterocycles. The Kier molecular flexibility index (Phi) is 5.97. The molecule has 138 valence electrons. The number of morpholine rings is 1. The molecule has 0 unspecified atom stereocenters. The van der Waals surface area contributed by atoms with Crippen LogP contribution in [0.5, 0.6) is 5.75 Å². The van der Waals surface area contributed by atoms with Crippen molar-refractivity contribution in [3.05, 3.63) is 29.8 Å². The lowest BCUT2D eigenvalue weighted by Gasteiger charge is -2.40. The van der Waals surface area contributed by atoms with Crippen LogP contribution in [0.3, 0.4) is 0 Å². The number of aliphatic hydroxyl groups is 1. The first-order valence-corrected chi connectivity index (χ1v) is 9.35. The first kappa shape index (κ1) is 18.2. The molecule has 1 saturated carbocycles. The van der Waals surface area contributed by atoms with Gasteiger partial charge in [0.15, 0.2) is 0 Å². The third kappa shape index (κ3) is 4.53. The van der Waals surface area contributed by atoms with Crippen LogP contribution in [-0.4, -0.2) is 53.9 Å². The second-order valence-corrected chi connectivity index (χ2v) is 7.38. The highest BCUT2D eigenvalue weighted by Gasteiger charge is 2.39. The van der Waals surface area contributed by atoms with Crippen molar-refractivity contribution in [1.29, 1.82) is 0 Å². The van der Waals surface area contributed by atoms with Crippen LogP contribution in [0.25, 0.3) is 0 Å². The van der Waals surface area contributed by atoms with Gasteiger partial charge >= 0.3 is 0 Å². The summed E-state index contributed by atoms with van der Waals surface area (Å²) in [6.45, 7) is 5.71. The summed E-state index contributed by atoms with van der Waals surface area (Å²) < 4.78 is 11.3. The van der Waals surface area contributed by atoms with E-state index < -0.39 is 0 Å². The van der Waals surface area contributed by atoms with Gasteiger partial charge < -0.3 is 19.5 Å². The molecule has 1 aromatic rings. The van der Waals surface area contributed by atoms with E-state index in [0.29, 0.717) is 26.2 Å². The molecule has 1 N–H and O–H groups in total. The first-order chi connectivity index (χ1) is 12.0. The molecular formula is C20H29NO4. The third-order valence-electron chi connectivity index (χ3n) is 5.16. The summed E-state index contributed by atoms with van der Waals surface area (Å²) in [5.41, 5.74) is 0.985. The Bertz CT molecular complexity index is 572. The van der Waals surface area contributed by atoms with E-state index in [2.05, 4.69) is 0 Å². The zero-order valence-corrected chi connectivity index (χ0v) is 15.2. The van der Waals surface area contributed by atoms with E-state index in [-0.39, 0.29) is 30.1 Å². The van der Waals surface area contributed by atoms with E-state index in [1.54, 1.807) is 0 Å². The number of amides is 1. The van der Waals surface area contributed by atoms with E-state index in [1.807, 2.05) is 43.0 Å². The van der Waals surface area contributed by atoms with E-state index in [0.717, 1.165) is 30.6 Å². The average Bonchev–Trinajstić information content (AvgIpc) is 3.02. The topological polar surface area (TPSA) is 59.0 Å². The molecule has 0 spiro atoms. The fourth-order valence-electron chi connectivity index (χ4n) is 3.94. The van der Waals surface area contributed by atoms with Gasteiger partial charge in [-0.15, -0.1) is 0 Å². The fourth-order valence-corrected chi connectivity index (χ4v) is 3.94. The summed E-state index contributed by atoms with van der Waals surface area (Å²) in [4.78, 5) is 14.8. The molecule has 2 aliphatic rings. The van der Waals surface area contributed by atoms with Gasteiger partial charge in [0, 0.05) is 12.5 Å². The number of nitrogens with zero attached hydrogens (tertiary/aromatic N) is 1. The monoisotopic (exact) mass is 347 g/mol. The molecule has 1 aliphatic heterocycles. The highest BCUT2D eigenvalue weighted by Crippen LogP contribution is 2.32. The summed E-state index contributed by atoms with van der Waals surface area (Å²) in [5, 5.41) is 10.2. The van der Waals surface area contributed by atoms with Crippen molar-refractivity contribution in [3.8, 4) is 5.75 Å². The smallest absolute Gasteiger partial charge is 0.227 e. The molecule has 1 heterocycles. The minimum atomic E-state index is -0.311. The molecule has 5 heteroatoms. The molecule has 0 aromatic heterocycles. The molecule has 25 heavy (non-hydrogen) atoms. The zero-order valence-electron chi connectivity index (χ0n) is 15.2. The minimum Gasteiger partial charge on any atom is -0.491 e. The van der Waals surface area contributed by atoms with Gasteiger partial charge in [-0.2, -0.15) is 0 Å². The number of ether oxygens (including phenoxy) is 2. The molecule has 5 nitrogen and oxygen atoms in total. The van der Waals surface area contributed by atoms with Crippen molar-refractivity contribution in [2.45, 2.75) is 57.8 Å². The van der Waals surface area contributed by atoms with Crippen molar-refractivity contribution in [3.63, 3.8) is 0 Å². The molecule has 0 radical (unpaired) electrons. The van der Waals surface area contributed by atoms with Crippen LogP contribution in [-0.2, 0) is 16.0 Å². The largest absolute Gasteiger partial charge is 0.491 e. The van der Waals surface area contributed by atoms with Crippen LogP contribution >= 0.6 is 0 Å². The van der Waals surface area contributed by atoms with Gasteiger partial charge in [-0.25, -0.2) is 0 Å². The lowest BCUT2D eigenvalue weighted by molar-refractivity contribution is -0.143. The van der Waals surface area contributed by atoms with Gasteiger partial charge in [-0.3, -0.25) is 4.79 Å². The first-order valence-electron chi connectivity index (χ1n) is 9.35. The predicted molar refractivity (Wildman–Crippen MR) is 95.6 cm³/mol. The summed E-state index contributed by atoms with van der Waals surface area (Å²) >= 11 is 0. The van der Waals surface area contributed by atoms with Crippen molar-refractivity contribution >= 4 is 5.91 Å². The lowest BCUT2D eigenvalue weighted by Crippen LogP contribution is -2.54. The van der Waals surface area contributed by atoms with Crippen LogP contribution in [0.2, 0.25) is 0 Å². The van der Waals surface area contributed by atoms with Crippen molar-refractivity contribution in [2.24, 2.45) is 5.92 Å². The molecule has 2 fully saturated rings. The van der Waals surface area contributed by atoms with Crippen LogP contribution < -0.4 is 4.74 Å². The highest BCUT2D eigenvalue weighted by molar-refractivity contribution is 5.79. The molecule has 1 amide bonds. The Balaban J connectivity index is 1.64. The number of hydrogen-bond acceptors (Lipinski definition) is 4. The maximum absolute atomic E-state index is 12.9. The van der Waals surface area contributed by atoms with E-state index in [9.17, 15) is 9.90 Å². The number of hydrogen-bond donors (Lipinski definition) is 1. The Morgan fingerprint density at radius 2 is 2.08 bits per heavy atom. The van der Waals surface area contributed by atoms with Crippen molar-refractivity contribution in [1.82, 2.24) is 4.90 Å². The fraction of sp³-hybridized carbons (Fsp3) is 0.650. The molecule has 3 rings (SSSR count). The Morgan fingerprint density at radius 1 is 1.32 bits per heavy atom. The second-order valence-electron chi connectivity index (χ2n) is 7.38. The Hall–Kier alpha value is -1.59. The number of carbonyl (C=O) groups excluding carboxylic acids is 1. The van der Waals surface area contributed by atoms with Crippen LogP contribution in [0.4, 0.5) is 0 Å². The van der Waals surface area contributed by atoms with E-state index in [4.69, 9.17) is 9.47 Å². The predicted octanol–water partition coefficient (Wildman–Crippen LogP) is 2.40. The number of rotatable bonds is 5. The summed E-state index contributed by atoms with van der Waals surface area (Å²) in [6.07, 6.45) is 3.04. The molecule has 0 bridgehead atoms. The maximum atomic E-state index is 12.9. The van der Waals surface area contributed by atoms with Crippen molar-refractivity contribution < 1.29 is 19.4 Å². The average molecular weight is 347 g/mol. The Labute approximate surface area is 149 Å². The zero-order chi connectivity index (χ0) is 17.8.